The predicted octanol–water partition coefficient (Wildman–Crippen LogP) is 1.49. The van der Waals surface area contributed by atoms with Gasteiger partial charge in [-0.1, -0.05) is 24.3 Å². The van der Waals surface area contributed by atoms with Crippen LogP contribution < -0.4 is 10.5 Å². The third kappa shape index (κ3) is 3.34. The summed E-state index contributed by atoms with van der Waals surface area (Å²) in [5, 5.41) is 2.15. The van der Waals surface area contributed by atoms with Crippen molar-refractivity contribution >= 4 is 26.7 Å². The summed E-state index contributed by atoms with van der Waals surface area (Å²) in [4.78, 5) is 4.27. The lowest BCUT2D eigenvalue weighted by Crippen LogP contribution is -2.28. The van der Waals surface area contributed by atoms with Crippen molar-refractivity contribution in [3.63, 3.8) is 0 Å². The molecule has 0 amide bonds. The van der Waals surface area contributed by atoms with Gasteiger partial charge in [-0.15, -0.1) is 11.3 Å². The average Bonchev–Trinajstić information content (AvgIpc) is 2.86. The molecule has 2 rings (SSSR count). The zero-order chi connectivity index (χ0) is 14.8. The van der Waals surface area contributed by atoms with Crippen molar-refractivity contribution < 1.29 is 8.42 Å². The molecule has 0 saturated carbocycles. The minimum Gasteiger partial charge on any atom is -0.326 e. The van der Waals surface area contributed by atoms with E-state index >= 15 is 0 Å². The van der Waals surface area contributed by atoms with Crippen LogP contribution in [0.25, 0.3) is 11.3 Å². The molecule has 108 valence electrons. The van der Waals surface area contributed by atoms with E-state index in [0.717, 1.165) is 21.1 Å². The van der Waals surface area contributed by atoms with Crippen LogP contribution >= 0.6 is 11.3 Å². The van der Waals surface area contributed by atoms with Gasteiger partial charge in [-0.25, -0.2) is 9.71 Å². The van der Waals surface area contributed by atoms with E-state index in [0.29, 0.717) is 11.7 Å². The maximum atomic E-state index is 11.7. The third-order valence-corrected chi connectivity index (χ3v) is 4.99. The first-order chi connectivity index (χ1) is 9.42. The highest BCUT2D eigenvalue weighted by Crippen LogP contribution is 2.25. The Kier molecular flexibility index (Phi) is 4.39. The van der Waals surface area contributed by atoms with Crippen LogP contribution in [0.2, 0.25) is 0 Å². The van der Waals surface area contributed by atoms with Crippen LogP contribution in [0.5, 0.6) is 0 Å². The number of thiazole rings is 1. The fourth-order valence-corrected chi connectivity index (χ4v) is 2.99. The number of nitrogens with two attached hydrogens (primary N) is 1. The number of hydrogen-bond acceptors (Lipinski definition) is 5. The highest BCUT2D eigenvalue weighted by atomic mass is 32.2. The molecule has 0 aliphatic carbocycles. The van der Waals surface area contributed by atoms with Gasteiger partial charge in [0.15, 0.2) is 5.13 Å². The van der Waals surface area contributed by atoms with E-state index in [9.17, 15) is 8.42 Å². The molecule has 0 aliphatic rings. The molecule has 0 spiro atoms. The van der Waals surface area contributed by atoms with Gasteiger partial charge in [-0.2, -0.15) is 12.7 Å². The van der Waals surface area contributed by atoms with Crippen LogP contribution in [0.1, 0.15) is 5.56 Å². The van der Waals surface area contributed by atoms with Gasteiger partial charge < -0.3 is 5.73 Å². The van der Waals surface area contributed by atoms with Gasteiger partial charge in [0.05, 0.1) is 5.69 Å². The molecule has 6 nitrogen and oxygen atoms in total. The molecule has 2 aromatic rings. The molecule has 1 aromatic heterocycles. The Morgan fingerprint density at radius 2 is 1.95 bits per heavy atom. The minimum atomic E-state index is -3.52. The highest BCUT2D eigenvalue weighted by molar-refractivity contribution is 7.90. The zero-order valence-corrected chi connectivity index (χ0v) is 12.8. The molecule has 0 atom stereocenters. The van der Waals surface area contributed by atoms with Crippen molar-refractivity contribution in [3.05, 3.63) is 35.2 Å². The molecule has 8 heteroatoms. The molecule has 0 unspecified atom stereocenters. The summed E-state index contributed by atoms with van der Waals surface area (Å²) in [6.07, 6.45) is 0. The maximum Gasteiger partial charge on any atom is 0.302 e. The zero-order valence-electron chi connectivity index (χ0n) is 11.2. The number of aromatic nitrogens is 1. The van der Waals surface area contributed by atoms with Gasteiger partial charge in [0.25, 0.3) is 0 Å². The lowest BCUT2D eigenvalue weighted by atomic mass is 10.1. The second-order valence-corrected chi connectivity index (χ2v) is 7.07. The Morgan fingerprint density at radius 3 is 2.50 bits per heavy atom. The Balaban J connectivity index is 2.20. The molecule has 1 heterocycles. The van der Waals surface area contributed by atoms with Crippen molar-refractivity contribution in [2.75, 3.05) is 18.8 Å². The van der Waals surface area contributed by atoms with E-state index in [1.165, 1.54) is 25.4 Å². The molecular formula is C12H16N4O2S2. The molecule has 0 bridgehead atoms. The molecular weight excluding hydrogens is 296 g/mol. The summed E-state index contributed by atoms with van der Waals surface area (Å²) in [6, 6.07) is 7.69. The summed E-state index contributed by atoms with van der Waals surface area (Å²) in [6.45, 7) is 0.491. The van der Waals surface area contributed by atoms with Crippen LogP contribution in [0.15, 0.2) is 29.6 Å². The molecule has 0 aliphatic heterocycles. The normalized spacial score (nSPS) is 11.8. The van der Waals surface area contributed by atoms with E-state index in [-0.39, 0.29) is 0 Å². The van der Waals surface area contributed by atoms with Crippen LogP contribution in [0, 0.1) is 0 Å². The van der Waals surface area contributed by atoms with Gasteiger partial charge in [0.2, 0.25) is 0 Å². The number of nitrogens with one attached hydrogen (secondary N) is 1. The van der Waals surface area contributed by atoms with Crippen molar-refractivity contribution in [3.8, 4) is 11.3 Å². The molecule has 0 saturated heterocycles. The number of hydrogen-bond donors (Lipinski definition) is 2. The number of rotatable bonds is 5. The Morgan fingerprint density at radius 1 is 1.30 bits per heavy atom. The van der Waals surface area contributed by atoms with E-state index in [4.69, 9.17) is 5.73 Å². The monoisotopic (exact) mass is 312 g/mol. The molecule has 20 heavy (non-hydrogen) atoms. The smallest absolute Gasteiger partial charge is 0.302 e. The average molecular weight is 312 g/mol. The first kappa shape index (κ1) is 14.9. The summed E-state index contributed by atoms with van der Waals surface area (Å²) < 4.78 is 26.9. The van der Waals surface area contributed by atoms with Gasteiger partial charge in [0, 0.05) is 31.6 Å². The van der Waals surface area contributed by atoms with Gasteiger partial charge in [-0.05, 0) is 5.56 Å². The Bertz CT molecular complexity index is 678. The lowest BCUT2D eigenvalue weighted by Gasteiger charge is -2.10. The number of benzene rings is 1. The van der Waals surface area contributed by atoms with Gasteiger partial charge >= 0.3 is 10.2 Å². The van der Waals surface area contributed by atoms with Crippen LogP contribution in [-0.4, -0.2) is 31.8 Å². The summed E-state index contributed by atoms with van der Waals surface area (Å²) in [7, 11) is -0.595. The number of anilines is 1. The maximum absolute atomic E-state index is 11.7. The molecule has 0 radical (unpaired) electrons. The van der Waals surface area contributed by atoms with Gasteiger partial charge in [-0.3, -0.25) is 0 Å². The Hall–Kier alpha value is -1.48. The topological polar surface area (TPSA) is 88.3 Å². The summed E-state index contributed by atoms with van der Waals surface area (Å²) in [5.74, 6) is 0. The fourth-order valence-electron chi connectivity index (χ4n) is 1.47. The predicted molar refractivity (Wildman–Crippen MR) is 81.7 cm³/mol. The lowest BCUT2D eigenvalue weighted by molar-refractivity contribution is 0.527. The first-order valence-electron chi connectivity index (χ1n) is 5.87. The molecule has 1 aromatic carbocycles. The van der Waals surface area contributed by atoms with Crippen molar-refractivity contribution in [2.45, 2.75) is 6.54 Å². The number of nitrogens with zero attached hydrogens (tertiary/aromatic N) is 2. The van der Waals surface area contributed by atoms with Crippen molar-refractivity contribution in [1.82, 2.24) is 9.29 Å². The summed E-state index contributed by atoms with van der Waals surface area (Å²) in [5.41, 5.74) is 8.24. The second-order valence-electron chi connectivity index (χ2n) is 4.33. The first-order valence-corrected chi connectivity index (χ1v) is 8.19. The highest BCUT2D eigenvalue weighted by Gasteiger charge is 2.15. The van der Waals surface area contributed by atoms with E-state index < -0.39 is 10.2 Å². The van der Waals surface area contributed by atoms with Gasteiger partial charge in [0.1, 0.15) is 0 Å². The van der Waals surface area contributed by atoms with E-state index in [2.05, 4.69) is 9.71 Å². The summed E-state index contributed by atoms with van der Waals surface area (Å²) >= 11 is 1.25. The van der Waals surface area contributed by atoms with Crippen molar-refractivity contribution in [1.29, 1.82) is 0 Å². The minimum absolute atomic E-state index is 0.344. The third-order valence-electron chi connectivity index (χ3n) is 2.69. The largest absolute Gasteiger partial charge is 0.326 e. The Labute approximate surface area is 122 Å². The standard InChI is InChI=1S/C12H16N4O2S2/c1-16(2)20(17,18)15-12-14-11(8-19-12)10-5-3-9(7-13)4-6-10/h3-6,8H,7,13H2,1-2H3,(H,14,15). The van der Waals surface area contributed by atoms with E-state index in [1.54, 1.807) is 0 Å². The van der Waals surface area contributed by atoms with Crippen molar-refractivity contribution in [2.24, 2.45) is 5.73 Å². The SMILES string of the molecule is CN(C)S(=O)(=O)Nc1nc(-c2ccc(CN)cc2)cs1. The quantitative estimate of drug-likeness (QED) is 0.875. The van der Waals surface area contributed by atoms with Crippen LogP contribution in [0.3, 0.4) is 0 Å². The molecule has 3 N–H and O–H groups in total. The second kappa shape index (κ2) is 5.88. The molecule has 0 fully saturated rings. The van der Waals surface area contributed by atoms with Crippen LogP contribution in [-0.2, 0) is 16.8 Å². The van der Waals surface area contributed by atoms with Crippen LogP contribution in [0.4, 0.5) is 5.13 Å². The van der Waals surface area contributed by atoms with E-state index in [1.807, 2.05) is 29.6 Å². The fraction of sp³-hybridized carbons (Fsp3) is 0.250.